The van der Waals surface area contributed by atoms with Crippen LogP contribution in [0, 0.1) is 6.92 Å². The first-order chi connectivity index (χ1) is 17.8. The molecule has 0 radical (unpaired) electrons. The highest BCUT2D eigenvalue weighted by molar-refractivity contribution is 5.94. The SMILES string of the molecule is Cc1nc(-c2cccc(C(Oc3cccc(NC(N)=O)c3)(C(=O)NCC(N)=O)c3ccccc3)c2)no1. The summed E-state index contributed by atoms with van der Waals surface area (Å²) in [5.41, 5.74) is 10.6. The second-order valence-corrected chi connectivity index (χ2v) is 8.03. The van der Waals surface area contributed by atoms with E-state index in [2.05, 4.69) is 20.8 Å². The average molecular weight is 501 g/mol. The Morgan fingerprint density at radius 3 is 2.35 bits per heavy atom. The number of ether oxygens (including phenoxy) is 1. The van der Waals surface area contributed by atoms with Gasteiger partial charge >= 0.3 is 6.03 Å². The number of nitrogens with one attached hydrogen (secondary N) is 2. The zero-order valence-electron chi connectivity index (χ0n) is 19.8. The molecule has 0 fully saturated rings. The number of hydrogen-bond donors (Lipinski definition) is 4. The van der Waals surface area contributed by atoms with Gasteiger partial charge < -0.3 is 31.4 Å². The number of nitrogens with two attached hydrogens (primary N) is 2. The molecule has 4 aromatic rings. The minimum Gasteiger partial charge on any atom is -0.468 e. The van der Waals surface area contributed by atoms with Crippen molar-refractivity contribution in [3.05, 3.63) is 95.9 Å². The number of anilines is 1. The molecule has 4 amide bonds. The normalized spacial score (nSPS) is 12.2. The van der Waals surface area contributed by atoms with Gasteiger partial charge in [0.1, 0.15) is 5.75 Å². The number of rotatable bonds is 9. The summed E-state index contributed by atoms with van der Waals surface area (Å²) in [4.78, 5) is 41.1. The summed E-state index contributed by atoms with van der Waals surface area (Å²) in [5, 5.41) is 9.02. The number of aryl methyl sites for hydroxylation is 1. The van der Waals surface area contributed by atoms with Crippen LogP contribution in [0.15, 0.2) is 83.4 Å². The molecule has 0 aliphatic heterocycles. The second-order valence-electron chi connectivity index (χ2n) is 8.03. The summed E-state index contributed by atoms with van der Waals surface area (Å²) < 4.78 is 11.6. The van der Waals surface area contributed by atoms with Gasteiger partial charge in [-0.15, -0.1) is 0 Å². The van der Waals surface area contributed by atoms with Crippen LogP contribution >= 0.6 is 0 Å². The molecule has 3 aromatic carbocycles. The van der Waals surface area contributed by atoms with Crippen LogP contribution < -0.4 is 26.8 Å². The van der Waals surface area contributed by atoms with E-state index in [1.165, 1.54) is 6.07 Å². The number of aromatic nitrogens is 2. The van der Waals surface area contributed by atoms with Gasteiger partial charge in [-0.3, -0.25) is 9.59 Å². The van der Waals surface area contributed by atoms with Crippen LogP contribution in [0.2, 0.25) is 0 Å². The summed E-state index contributed by atoms with van der Waals surface area (Å²) in [7, 11) is 0. The molecule has 11 heteroatoms. The molecule has 1 heterocycles. The number of primary amides is 2. The van der Waals surface area contributed by atoms with E-state index in [1.54, 1.807) is 79.7 Å². The monoisotopic (exact) mass is 500 g/mol. The highest BCUT2D eigenvalue weighted by atomic mass is 16.5. The summed E-state index contributed by atoms with van der Waals surface area (Å²) in [5.74, 6) is -0.424. The lowest BCUT2D eigenvalue weighted by Crippen LogP contribution is -2.51. The highest BCUT2D eigenvalue weighted by Crippen LogP contribution is 2.38. The van der Waals surface area contributed by atoms with Gasteiger partial charge in [0.05, 0.1) is 6.54 Å². The maximum atomic E-state index is 13.9. The van der Waals surface area contributed by atoms with Crippen LogP contribution in [0.25, 0.3) is 11.4 Å². The number of nitrogens with zero attached hydrogens (tertiary/aromatic N) is 2. The van der Waals surface area contributed by atoms with E-state index in [-0.39, 0.29) is 5.75 Å². The van der Waals surface area contributed by atoms with Crippen LogP contribution in [0.3, 0.4) is 0 Å². The van der Waals surface area contributed by atoms with Crippen molar-refractivity contribution in [1.29, 1.82) is 0 Å². The third-order valence-electron chi connectivity index (χ3n) is 5.35. The lowest BCUT2D eigenvalue weighted by atomic mass is 9.84. The van der Waals surface area contributed by atoms with Gasteiger partial charge in [-0.05, 0) is 18.2 Å². The van der Waals surface area contributed by atoms with Gasteiger partial charge in [0.15, 0.2) is 0 Å². The summed E-state index contributed by atoms with van der Waals surface area (Å²) in [6.45, 7) is 1.26. The second kappa shape index (κ2) is 10.6. The summed E-state index contributed by atoms with van der Waals surface area (Å²) in [6.07, 6.45) is 0. The largest absolute Gasteiger partial charge is 0.468 e. The number of hydrogen-bond acceptors (Lipinski definition) is 7. The molecule has 4 rings (SSSR count). The molecule has 1 aromatic heterocycles. The number of carbonyl (C=O) groups excluding carboxylic acids is 3. The molecule has 0 aliphatic rings. The van der Waals surface area contributed by atoms with E-state index in [9.17, 15) is 14.4 Å². The molecule has 11 nitrogen and oxygen atoms in total. The Labute approximate surface area is 211 Å². The standard InChI is InChI=1S/C26H24N6O5/c1-16-30-23(32-37-16)17-7-5-10-19(13-17)26(18-8-3-2-4-9-18,24(34)29-15-22(27)33)36-21-12-6-11-20(14-21)31-25(28)35/h2-14H,15H2,1H3,(H2,27,33)(H,29,34)(H3,28,31,35). The van der Waals surface area contributed by atoms with Crippen molar-refractivity contribution in [2.45, 2.75) is 12.5 Å². The molecule has 1 atom stereocenters. The molecular weight excluding hydrogens is 476 g/mol. The van der Waals surface area contributed by atoms with Crippen molar-refractivity contribution in [2.24, 2.45) is 11.5 Å². The Morgan fingerprint density at radius 1 is 0.946 bits per heavy atom. The van der Waals surface area contributed by atoms with Gasteiger partial charge in [-0.1, -0.05) is 59.8 Å². The zero-order valence-corrected chi connectivity index (χ0v) is 19.8. The van der Waals surface area contributed by atoms with Gasteiger partial charge in [-0.25, -0.2) is 4.79 Å². The molecule has 0 aliphatic carbocycles. The van der Waals surface area contributed by atoms with Crippen molar-refractivity contribution in [3.63, 3.8) is 0 Å². The molecule has 0 bridgehead atoms. The van der Waals surface area contributed by atoms with Crippen molar-refractivity contribution in [3.8, 4) is 17.1 Å². The molecule has 0 saturated heterocycles. The van der Waals surface area contributed by atoms with Crippen molar-refractivity contribution >= 4 is 23.5 Å². The minimum absolute atomic E-state index is 0.241. The Morgan fingerprint density at radius 2 is 1.68 bits per heavy atom. The van der Waals surface area contributed by atoms with Crippen molar-refractivity contribution in [1.82, 2.24) is 15.5 Å². The van der Waals surface area contributed by atoms with E-state index in [0.29, 0.717) is 34.1 Å². The number of amides is 4. The smallest absolute Gasteiger partial charge is 0.316 e. The number of benzene rings is 3. The average Bonchev–Trinajstić information content (AvgIpc) is 3.32. The van der Waals surface area contributed by atoms with Crippen LogP contribution in [0.5, 0.6) is 5.75 Å². The Hall–Kier alpha value is -5.19. The van der Waals surface area contributed by atoms with Crippen molar-refractivity contribution < 1.29 is 23.6 Å². The van der Waals surface area contributed by atoms with E-state index >= 15 is 0 Å². The molecule has 37 heavy (non-hydrogen) atoms. The van der Waals surface area contributed by atoms with Crippen LogP contribution in [-0.4, -0.2) is 34.5 Å². The predicted octanol–water partition coefficient (Wildman–Crippen LogP) is 2.46. The van der Waals surface area contributed by atoms with Crippen LogP contribution in [0.4, 0.5) is 10.5 Å². The molecule has 0 spiro atoms. The fraction of sp³-hybridized carbons (Fsp3) is 0.115. The first kappa shape index (κ1) is 24.9. The Kier molecular flexibility index (Phi) is 7.14. The Balaban J connectivity index is 1.91. The summed E-state index contributed by atoms with van der Waals surface area (Å²) >= 11 is 0. The number of carbonyl (C=O) groups is 3. The highest BCUT2D eigenvalue weighted by Gasteiger charge is 2.45. The van der Waals surface area contributed by atoms with Gasteiger partial charge in [0, 0.05) is 35.4 Å². The Bertz CT molecular complexity index is 1440. The third-order valence-corrected chi connectivity index (χ3v) is 5.35. The van der Waals surface area contributed by atoms with Crippen molar-refractivity contribution in [2.75, 3.05) is 11.9 Å². The maximum absolute atomic E-state index is 13.9. The van der Waals surface area contributed by atoms with E-state index in [1.807, 2.05) is 0 Å². The van der Waals surface area contributed by atoms with Crippen LogP contribution in [0.1, 0.15) is 17.0 Å². The van der Waals surface area contributed by atoms with E-state index in [4.69, 9.17) is 20.7 Å². The quantitative estimate of drug-likeness (QED) is 0.273. The summed E-state index contributed by atoms with van der Waals surface area (Å²) in [6, 6.07) is 21.3. The molecule has 1 unspecified atom stereocenters. The van der Waals surface area contributed by atoms with E-state index < -0.39 is 30.0 Å². The molecule has 6 N–H and O–H groups in total. The van der Waals surface area contributed by atoms with Gasteiger partial charge in [0.2, 0.25) is 23.2 Å². The third kappa shape index (κ3) is 5.56. The fourth-order valence-corrected chi connectivity index (χ4v) is 3.81. The van der Waals surface area contributed by atoms with Gasteiger partial charge in [-0.2, -0.15) is 4.98 Å². The minimum atomic E-state index is -1.79. The van der Waals surface area contributed by atoms with E-state index in [0.717, 1.165) is 0 Å². The number of urea groups is 1. The molecular formula is C26H24N6O5. The predicted molar refractivity (Wildman–Crippen MR) is 134 cm³/mol. The molecule has 188 valence electrons. The first-order valence-corrected chi connectivity index (χ1v) is 11.2. The van der Waals surface area contributed by atoms with Gasteiger partial charge in [0.25, 0.3) is 5.91 Å². The lowest BCUT2D eigenvalue weighted by molar-refractivity contribution is -0.135. The topological polar surface area (TPSA) is 175 Å². The molecule has 0 saturated carbocycles. The van der Waals surface area contributed by atoms with Crippen LogP contribution in [-0.2, 0) is 15.2 Å². The fourth-order valence-electron chi connectivity index (χ4n) is 3.81. The maximum Gasteiger partial charge on any atom is 0.316 e. The first-order valence-electron chi connectivity index (χ1n) is 11.2. The zero-order chi connectivity index (χ0) is 26.4. The lowest BCUT2D eigenvalue weighted by Gasteiger charge is -2.34.